The number of aliphatic carboxylic acids is 1. The van der Waals surface area contributed by atoms with Gasteiger partial charge in [0.15, 0.2) is 0 Å². The number of carboxylic acid groups (broad SMARTS) is 1. The summed E-state index contributed by atoms with van der Waals surface area (Å²) in [6.45, 7) is 1.91. The van der Waals surface area contributed by atoms with Crippen molar-refractivity contribution in [3.05, 3.63) is 59.2 Å². The van der Waals surface area contributed by atoms with Crippen molar-refractivity contribution in [3.63, 3.8) is 0 Å². The van der Waals surface area contributed by atoms with E-state index in [0.29, 0.717) is 37.0 Å². The van der Waals surface area contributed by atoms with Crippen molar-refractivity contribution >= 4 is 11.9 Å². The van der Waals surface area contributed by atoms with Gasteiger partial charge in [0.25, 0.3) is 5.91 Å². The van der Waals surface area contributed by atoms with Gasteiger partial charge in [-0.05, 0) is 62.8 Å². The van der Waals surface area contributed by atoms with E-state index in [-0.39, 0.29) is 29.7 Å². The van der Waals surface area contributed by atoms with Crippen molar-refractivity contribution in [2.45, 2.75) is 44.9 Å². The molecule has 1 atom stereocenters. The molecule has 2 N–H and O–H groups in total. The number of hydrogen-bond acceptors (Lipinski definition) is 4. The molecule has 1 unspecified atom stereocenters. The predicted molar refractivity (Wildman–Crippen MR) is 119 cm³/mol. The van der Waals surface area contributed by atoms with Gasteiger partial charge in [0.1, 0.15) is 17.6 Å². The van der Waals surface area contributed by atoms with Gasteiger partial charge in [-0.1, -0.05) is 18.2 Å². The van der Waals surface area contributed by atoms with E-state index >= 15 is 0 Å². The first-order chi connectivity index (χ1) is 16.1. The first kappa shape index (κ1) is 25.4. The van der Waals surface area contributed by atoms with E-state index in [0.717, 1.165) is 12.1 Å². The van der Waals surface area contributed by atoms with Crippen LogP contribution in [0.2, 0.25) is 0 Å². The molecule has 0 heterocycles. The second-order valence-electron chi connectivity index (χ2n) is 8.48. The Hall–Kier alpha value is -3.23. The van der Waals surface area contributed by atoms with E-state index in [1.54, 1.807) is 31.2 Å². The molecule has 34 heavy (non-hydrogen) atoms. The van der Waals surface area contributed by atoms with Crippen LogP contribution in [0.1, 0.15) is 60.2 Å². The molecule has 0 aromatic heterocycles. The first-order valence-electron chi connectivity index (χ1n) is 11.1. The Morgan fingerprint density at radius 3 is 2.38 bits per heavy atom. The van der Waals surface area contributed by atoms with Crippen LogP contribution in [0.15, 0.2) is 42.5 Å². The summed E-state index contributed by atoms with van der Waals surface area (Å²) < 4.78 is 52.3. The largest absolute Gasteiger partial charge is 0.496 e. The lowest BCUT2D eigenvalue weighted by molar-refractivity contribution is -0.143. The number of rotatable bonds is 8. The summed E-state index contributed by atoms with van der Waals surface area (Å²) in [6, 6.07) is 10.1. The van der Waals surface area contributed by atoms with Gasteiger partial charge < -0.3 is 19.9 Å². The van der Waals surface area contributed by atoms with E-state index in [9.17, 15) is 22.8 Å². The van der Waals surface area contributed by atoms with Gasteiger partial charge in [-0.2, -0.15) is 13.2 Å². The average molecular weight is 479 g/mol. The van der Waals surface area contributed by atoms with E-state index in [2.05, 4.69) is 5.32 Å². The first-order valence-corrected chi connectivity index (χ1v) is 11.1. The number of amides is 1. The topological polar surface area (TPSA) is 84.9 Å². The Kier molecular flexibility index (Phi) is 8.06. The van der Waals surface area contributed by atoms with Gasteiger partial charge in [0.2, 0.25) is 0 Å². The van der Waals surface area contributed by atoms with E-state index in [1.165, 1.54) is 13.2 Å². The molecule has 0 saturated heterocycles. The van der Waals surface area contributed by atoms with Crippen molar-refractivity contribution < 1.29 is 37.3 Å². The number of alkyl halides is 3. The molecule has 0 aliphatic heterocycles. The Balaban J connectivity index is 1.70. The van der Waals surface area contributed by atoms with Crippen LogP contribution < -0.4 is 14.8 Å². The van der Waals surface area contributed by atoms with Crippen molar-refractivity contribution in [2.75, 3.05) is 13.7 Å². The van der Waals surface area contributed by atoms with Gasteiger partial charge in [-0.3, -0.25) is 9.59 Å². The number of carbonyl (C=O) groups is 2. The van der Waals surface area contributed by atoms with Crippen LogP contribution in [-0.2, 0) is 11.0 Å². The molecule has 9 heteroatoms. The second kappa shape index (κ2) is 10.8. The van der Waals surface area contributed by atoms with Crippen molar-refractivity contribution in [3.8, 4) is 11.5 Å². The molecule has 0 spiro atoms. The molecule has 3 rings (SSSR count). The Morgan fingerprint density at radius 2 is 1.76 bits per heavy atom. The zero-order valence-electron chi connectivity index (χ0n) is 19.0. The molecule has 2 aromatic rings. The van der Waals surface area contributed by atoms with E-state index < -0.39 is 29.7 Å². The summed E-state index contributed by atoms with van der Waals surface area (Å²) in [4.78, 5) is 23.6. The summed E-state index contributed by atoms with van der Waals surface area (Å²) in [7, 11) is 1.47. The van der Waals surface area contributed by atoms with Crippen LogP contribution in [0.5, 0.6) is 11.5 Å². The summed E-state index contributed by atoms with van der Waals surface area (Å²) >= 11 is 0. The highest BCUT2D eigenvalue weighted by Gasteiger charge is 2.36. The van der Waals surface area contributed by atoms with Gasteiger partial charge >= 0.3 is 12.1 Å². The fourth-order valence-corrected chi connectivity index (χ4v) is 4.20. The van der Waals surface area contributed by atoms with Crippen LogP contribution in [0, 0.1) is 11.8 Å². The Labute approximate surface area is 196 Å². The van der Waals surface area contributed by atoms with E-state index in [1.807, 2.05) is 0 Å². The van der Waals surface area contributed by atoms with E-state index in [4.69, 9.17) is 14.6 Å². The number of hydrogen-bond donors (Lipinski definition) is 2. The smallest absolute Gasteiger partial charge is 0.419 e. The molecular formula is C25H28F3NO5. The van der Waals surface area contributed by atoms with Crippen LogP contribution in [-0.4, -0.2) is 30.6 Å². The predicted octanol–water partition coefficient (Wildman–Crippen LogP) is 5.47. The minimum Gasteiger partial charge on any atom is -0.496 e. The molecular weight excluding hydrogens is 451 g/mol. The van der Waals surface area contributed by atoms with Gasteiger partial charge in [0, 0.05) is 17.7 Å². The second-order valence-corrected chi connectivity index (χ2v) is 8.48. The molecule has 184 valence electrons. The molecule has 6 nitrogen and oxygen atoms in total. The zero-order valence-corrected chi connectivity index (χ0v) is 19.0. The standard InChI is InChI=1S/C25H28F3NO5/c1-15(19-5-3-4-6-21(19)33-2)34-22-12-11-18(13-20(22)25(26,27)28)23(30)29-14-16-7-9-17(10-8-16)24(31)32/h3-6,11-13,15-17H,7-10,14H2,1-2H3,(H,29,30)(H,31,32)/t15?,16-,17-. The molecule has 1 saturated carbocycles. The maximum absolute atomic E-state index is 13.8. The third-order valence-corrected chi connectivity index (χ3v) is 6.18. The number of carboxylic acids is 1. The fourth-order valence-electron chi connectivity index (χ4n) is 4.20. The average Bonchev–Trinajstić information content (AvgIpc) is 2.82. The minimum absolute atomic E-state index is 0.103. The lowest BCUT2D eigenvalue weighted by Crippen LogP contribution is -2.32. The molecule has 1 amide bonds. The SMILES string of the molecule is COc1ccccc1C(C)Oc1ccc(C(=O)NC[C@H]2CC[C@H](C(=O)O)CC2)cc1C(F)(F)F. The van der Waals surface area contributed by atoms with Gasteiger partial charge in [-0.25, -0.2) is 0 Å². The normalized spacial score (nSPS) is 19.2. The fraction of sp³-hybridized carbons (Fsp3) is 0.440. The van der Waals surface area contributed by atoms with Crippen molar-refractivity contribution in [1.82, 2.24) is 5.32 Å². The zero-order chi connectivity index (χ0) is 24.9. The number of methoxy groups -OCH3 is 1. The Bertz CT molecular complexity index is 1020. The van der Waals surface area contributed by atoms with Gasteiger partial charge in [0.05, 0.1) is 18.6 Å². The number of para-hydroxylation sites is 1. The lowest BCUT2D eigenvalue weighted by Gasteiger charge is -2.26. The summed E-state index contributed by atoms with van der Waals surface area (Å²) in [6.07, 6.45) is -3.08. The van der Waals surface area contributed by atoms with Crippen LogP contribution >= 0.6 is 0 Å². The highest BCUT2D eigenvalue weighted by molar-refractivity contribution is 5.94. The number of halogens is 3. The van der Waals surface area contributed by atoms with Gasteiger partial charge in [-0.15, -0.1) is 0 Å². The minimum atomic E-state index is -4.72. The van der Waals surface area contributed by atoms with Crippen molar-refractivity contribution in [2.24, 2.45) is 11.8 Å². The molecule has 1 fully saturated rings. The highest BCUT2D eigenvalue weighted by Crippen LogP contribution is 2.39. The maximum atomic E-state index is 13.8. The summed E-state index contributed by atoms with van der Waals surface area (Å²) in [5.41, 5.74) is -0.565. The van der Waals surface area contributed by atoms with Crippen molar-refractivity contribution in [1.29, 1.82) is 0 Å². The molecule has 2 aromatic carbocycles. The summed E-state index contributed by atoms with van der Waals surface area (Å²) in [5.74, 6) is -1.58. The number of carbonyl (C=O) groups excluding carboxylic acids is 1. The quantitative estimate of drug-likeness (QED) is 0.524. The number of benzene rings is 2. The molecule has 1 aliphatic rings. The molecule has 1 aliphatic carbocycles. The lowest BCUT2D eigenvalue weighted by atomic mass is 9.82. The molecule has 0 bridgehead atoms. The van der Waals surface area contributed by atoms with Crippen LogP contribution in [0.3, 0.4) is 0 Å². The maximum Gasteiger partial charge on any atom is 0.419 e. The highest BCUT2D eigenvalue weighted by atomic mass is 19.4. The monoisotopic (exact) mass is 479 g/mol. The van der Waals surface area contributed by atoms with Crippen LogP contribution in [0.4, 0.5) is 13.2 Å². The third kappa shape index (κ3) is 6.21. The third-order valence-electron chi connectivity index (χ3n) is 6.18. The number of ether oxygens (including phenoxy) is 2. The summed E-state index contributed by atoms with van der Waals surface area (Å²) in [5, 5.41) is 11.8. The Morgan fingerprint density at radius 1 is 1.09 bits per heavy atom. The van der Waals surface area contributed by atoms with Crippen LogP contribution in [0.25, 0.3) is 0 Å². The number of nitrogens with one attached hydrogen (secondary N) is 1. The molecule has 0 radical (unpaired) electrons.